The van der Waals surface area contributed by atoms with Crippen LogP contribution in [0.5, 0.6) is 5.75 Å². The van der Waals surface area contributed by atoms with Crippen molar-refractivity contribution in [3.05, 3.63) is 59.2 Å². The van der Waals surface area contributed by atoms with E-state index < -0.39 is 0 Å². The maximum Gasteiger partial charge on any atom is 0.146 e. The molecule has 0 amide bonds. The van der Waals surface area contributed by atoms with E-state index in [0.717, 1.165) is 29.8 Å². The standard InChI is InChI=1S/C17H21FN2O/c1-4-8-20-17(15-7-9-19-11-16(15)18)14-6-5-13(21-3)10-12(14)2/h5-7,9-11,17,20H,4,8H2,1-3H3. The van der Waals surface area contributed by atoms with Gasteiger partial charge in [0.2, 0.25) is 0 Å². The molecule has 1 aromatic carbocycles. The number of ether oxygens (including phenoxy) is 1. The molecule has 21 heavy (non-hydrogen) atoms. The predicted octanol–water partition coefficient (Wildman–Crippen LogP) is 3.63. The zero-order chi connectivity index (χ0) is 15.2. The fourth-order valence-corrected chi connectivity index (χ4v) is 2.40. The summed E-state index contributed by atoms with van der Waals surface area (Å²) in [5, 5.41) is 3.41. The Morgan fingerprint density at radius 1 is 1.29 bits per heavy atom. The predicted molar refractivity (Wildman–Crippen MR) is 82.1 cm³/mol. The zero-order valence-electron chi connectivity index (χ0n) is 12.7. The molecular formula is C17H21FN2O. The molecule has 1 atom stereocenters. The molecule has 0 radical (unpaired) electrons. The van der Waals surface area contributed by atoms with E-state index in [-0.39, 0.29) is 11.9 Å². The van der Waals surface area contributed by atoms with Gasteiger partial charge in [-0.3, -0.25) is 4.98 Å². The average molecular weight is 288 g/mol. The summed E-state index contributed by atoms with van der Waals surface area (Å²) in [6.45, 7) is 4.92. The minimum absolute atomic E-state index is 0.182. The number of pyridine rings is 1. The van der Waals surface area contributed by atoms with Gasteiger partial charge in [0, 0.05) is 11.8 Å². The highest BCUT2D eigenvalue weighted by molar-refractivity contribution is 5.41. The minimum Gasteiger partial charge on any atom is -0.497 e. The molecule has 2 aromatic rings. The van der Waals surface area contributed by atoms with E-state index in [4.69, 9.17) is 4.74 Å². The van der Waals surface area contributed by atoms with Crippen molar-refractivity contribution in [2.45, 2.75) is 26.3 Å². The smallest absolute Gasteiger partial charge is 0.146 e. The van der Waals surface area contributed by atoms with E-state index in [0.29, 0.717) is 5.56 Å². The fraction of sp³-hybridized carbons (Fsp3) is 0.353. The number of nitrogens with zero attached hydrogens (tertiary/aromatic N) is 1. The van der Waals surface area contributed by atoms with Gasteiger partial charge in [0.25, 0.3) is 0 Å². The van der Waals surface area contributed by atoms with E-state index >= 15 is 0 Å². The Hall–Kier alpha value is -1.94. The van der Waals surface area contributed by atoms with E-state index in [9.17, 15) is 4.39 Å². The second-order valence-corrected chi connectivity index (χ2v) is 5.01. The second kappa shape index (κ2) is 7.18. The lowest BCUT2D eigenvalue weighted by molar-refractivity contribution is 0.414. The summed E-state index contributed by atoms with van der Waals surface area (Å²) < 4.78 is 19.3. The van der Waals surface area contributed by atoms with Gasteiger partial charge >= 0.3 is 0 Å². The van der Waals surface area contributed by atoms with Crippen molar-refractivity contribution in [2.75, 3.05) is 13.7 Å². The van der Waals surface area contributed by atoms with Gasteiger partial charge in [-0.05, 0) is 49.2 Å². The Morgan fingerprint density at radius 2 is 2.10 bits per heavy atom. The number of rotatable bonds is 6. The molecule has 1 heterocycles. The molecule has 112 valence electrons. The SMILES string of the molecule is CCCNC(c1ccc(OC)cc1C)c1ccncc1F. The lowest BCUT2D eigenvalue weighted by Crippen LogP contribution is -2.25. The topological polar surface area (TPSA) is 34.1 Å². The summed E-state index contributed by atoms with van der Waals surface area (Å²) in [6.07, 6.45) is 3.87. The fourth-order valence-electron chi connectivity index (χ4n) is 2.40. The van der Waals surface area contributed by atoms with Crippen LogP contribution in [-0.2, 0) is 0 Å². The molecule has 0 bridgehead atoms. The number of aryl methyl sites for hydroxylation is 1. The summed E-state index contributed by atoms with van der Waals surface area (Å²) in [6, 6.07) is 7.41. The van der Waals surface area contributed by atoms with Gasteiger partial charge in [0.05, 0.1) is 19.3 Å². The van der Waals surface area contributed by atoms with Gasteiger partial charge in [-0.25, -0.2) is 4.39 Å². The first kappa shape index (κ1) is 15.4. The van der Waals surface area contributed by atoms with Crippen LogP contribution in [-0.4, -0.2) is 18.6 Å². The van der Waals surface area contributed by atoms with E-state index in [2.05, 4.69) is 17.2 Å². The lowest BCUT2D eigenvalue weighted by Gasteiger charge is -2.22. The van der Waals surface area contributed by atoms with Crippen molar-refractivity contribution in [1.82, 2.24) is 10.3 Å². The van der Waals surface area contributed by atoms with Crippen LogP contribution in [0.3, 0.4) is 0 Å². The molecule has 0 aliphatic rings. The number of methoxy groups -OCH3 is 1. The maximum absolute atomic E-state index is 14.1. The third-order valence-electron chi connectivity index (χ3n) is 3.50. The van der Waals surface area contributed by atoms with Crippen LogP contribution < -0.4 is 10.1 Å². The number of hydrogen-bond acceptors (Lipinski definition) is 3. The summed E-state index contributed by atoms with van der Waals surface area (Å²) >= 11 is 0. The Kier molecular flexibility index (Phi) is 5.28. The lowest BCUT2D eigenvalue weighted by atomic mass is 9.95. The van der Waals surface area contributed by atoms with Gasteiger partial charge in [-0.2, -0.15) is 0 Å². The van der Waals surface area contributed by atoms with Crippen LogP contribution in [0, 0.1) is 12.7 Å². The first-order valence-electron chi connectivity index (χ1n) is 7.14. The molecule has 0 saturated carbocycles. The third kappa shape index (κ3) is 3.58. The van der Waals surface area contributed by atoms with E-state index in [1.807, 2.05) is 25.1 Å². The highest BCUT2D eigenvalue weighted by Gasteiger charge is 2.19. The van der Waals surface area contributed by atoms with Gasteiger partial charge in [0.1, 0.15) is 11.6 Å². The first-order valence-corrected chi connectivity index (χ1v) is 7.14. The molecule has 0 aliphatic heterocycles. The third-order valence-corrected chi connectivity index (χ3v) is 3.50. The van der Waals surface area contributed by atoms with Crippen molar-refractivity contribution >= 4 is 0 Å². The molecule has 0 aliphatic carbocycles. The molecule has 4 heteroatoms. The maximum atomic E-state index is 14.1. The van der Waals surface area contributed by atoms with Crippen molar-refractivity contribution in [3.63, 3.8) is 0 Å². The monoisotopic (exact) mass is 288 g/mol. The Balaban J connectivity index is 2.43. The van der Waals surface area contributed by atoms with Crippen LogP contribution >= 0.6 is 0 Å². The van der Waals surface area contributed by atoms with Crippen molar-refractivity contribution in [2.24, 2.45) is 0 Å². The van der Waals surface area contributed by atoms with Crippen molar-refractivity contribution < 1.29 is 9.13 Å². The molecule has 3 nitrogen and oxygen atoms in total. The minimum atomic E-state index is -0.290. The van der Waals surface area contributed by atoms with Gasteiger partial charge in [-0.15, -0.1) is 0 Å². The van der Waals surface area contributed by atoms with Crippen molar-refractivity contribution in [3.8, 4) is 5.75 Å². The van der Waals surface area contributed by atoms with E-state index in [1.165, 1.54) is 6.20 Å². The molecule has 0 spiro atoms. The summed E-state index contributed by atoms with van der Waals surface area (Å²) in [4.78, 5) is 3.83. The molecule has 0 saturated heterocycles. The zero-order valence-corrected chi connectivity index (χ0v) is 12.7. The molecule has 0 fully saturated rings. The number of aromatic nitrogens is 1. The number of hydrogen-bond donors (Lipinski definition) is 1. The number of benzene rings is 1. The Bertz CT molecular complexity index is 601. The summed E-state index contributed by atoms with van der Waals surface area (Å²) in [5.74, 6) is 0.516. The highest BCUT2D eigenvalue weighted by atomic mass is 19.1. The van der Waals surface area contributed by atoms with Crippen molar-refractivity contribution in [1.29, 1.82) is 0 Å². The van der Waals surface area contributed by atoms with Crippen LogP contribution in [0.15, 0.2) is 36.7 Å². The second-order valence-electron chi connectivity index (χ2n) is 5.01. The first-order chi connectivity index (χ1) is 10.2. The normalized spacial score (nSPS) is 12.2. The summed E-state index contributed by atoms with van der Waals surface area (Å²) in [5.41, 5.74) is 2.74. The molecule has 1 aromatic heterocycles. The summed E-state index contributed by atoms with van der Waals surface area (Å²) in [7, 11) is 1.64. The highest BCUT2D eigenvalue weighted by Crippen LogP contribution is 2.28. The van der Waals surface area contributed by atoms with Crippen LogP contribution in [0.2, 0.25) is 0 Å². The van der Waals surface area contributed by atoms with Crippen LogP contribution in [0.1, 0.15) is 36.1 Å². The van der Waals surface area contributed by atoms with Gasteiger partial charge < -0.3 is 10.1 Å². The van der Waals surface area contributed by atoms with Gasteiger partial charge in [-0.1, -0.05) is 13.0 Å². The average Bonchev–Trinajstić information content (AvgIpc) is 2.50. The Labute approximate surface area is 125 Å². The van der Waals surface area contributed by atoms with Crippen LogP contribution in [0.4, 0.5) is 4.39 Å². The number of halogens is 1. The van der Waals surface area contributed by atoms with E-state index in [1.54, 1.807) is 19.4 Å². The quantitative estimate of drug-likeness (QED) is 0.881. The molecule has 1 N–H and O–H groups in total. The van der Waals surface area contributed by atoms with Gasteiger partial charge in [0.15, 0.2) is 0 Å². The van der Waals surface area contributed by atoms with Crippen LogP contribution in [0.25, 0.3) is 0 Å². The largest absolute Gasteiger partial charge is 0.497 e. The number of nitrogens with one attached hydrogen (secondary N) is 1. The molecule has 2 rings (SSSR count). The molecule has 1 unspecified atom stereocenters. The molecular weight excluding hydrogens is 267 g/mol. The Morgan fingerprint density at radius 3 is 2.71 bits per heavy atom.